The zero-order valence-corrected chi connectivity index (χ0v) is 6.24. The molecular weight excluding hydrogens is 134 g/mol. The van der Waals surface area contributed by atoms with Crippen LogP contribution in [0.1, 0.15) is 32.6 Å². The van der Waals surface area contributed by atoms with Crippen LogP contribution < -0.4 is 0 Å². The van der Waals surface area contributed by atoms with Crippen LogP contribution in [0.4, 0.5) is 8.78 Å². The van der Waals surface area contributed by atoms with E-state index < -0.39 is 5.92 Å². The fourth-order valence-electron chi connectivity index (χ4n) is 1.50. The van der Waals surface area contributed by atoms with E-state index in [1.54, 1.807) is 0 Å². The van der Waals surface area contributed by atoms with Crippen molar-refractivity contribution in [3.05, 3.63) is 6.42 Å². The van der Waals surface area contributed by atoms with Gasteiger partial charge < -0.3 is 0 Å². The third-order valence-corrected chi connectivity index (χ3v) is 2.15. The molecule has 0 nitrogen and oxygen atoms in total. The first-order valence-electron chi connectivity index (χ1n) is 3.81. The molecule has 1 aliphatic carbocycles. The Bertz CT molecular complexity index is 110. The summed E-state index contributed by atoms with van der Waals surface area (Å²) in [6.07, 6.45) is 3.70. The van der Waals surface area contributed by atoms with E-state index in [1.807, 2.05) is 13.3 Å². The monoisotopic (exact) mass is 147 g/mol. The molecule has 0 amide bonds. The van der Waals surface area contributed by atoms with Gasteiger partial charge in [0, 0.05) is 12.8 Å². The van der Waals surface area contributed by atoms with Gasteiger partial charge in [-0.25, -0.2) is 8.78 Å². The van der Waals surface area contributed by atoms with Gasteiger partial charge in [-0.05, 0) is 25.2 Å². The topological polar surface area (TPSA) is 0 Å². The molecule has 0 spiro atoms. The smallest absolute Gasteiger partial charge is 0.207 e. The third-order valence-electron chi connectivity index (χ3n) is 2.15. The second-order valence-corrected chi connectivity index (χ2v) is 3.05. The highest BCUT2D eigenvalue weighted by Gasteiger charge is 2.35. The van der Waals surface area contributed by atoms with Gasteiger partial charge in [-0.15, -0.1) is 0 Å². The van der Waals surface area contributed by atoms with Crippen LogP contribution in [0.2, 0.25) is 0 Å². The van der Waals surface area contributed by atoms with E-state index in [-0.39, 0.29) is 18.8 Å². The minimum atomic E-state index is -2.38. The van der Waals surface area contributed by atoms with Crippen molar-refractivity contribution >= 4 is 0 Å². The molecule has 1 aliphatic rings. The zero-order chi connectivity index (χ0) is 7.61. The van der Waals surface area contributed by atoms with Crippen molar-refractivity contribution in [1.82, 2.24) is 0 Å². The highest BCUT2D eigenvalue weighted by molar-refractivity contribution is 4.83. The summed E-state index contributed by atoms with van der Waals surface area (Å²) < 4.78 is 25.2. The molecule has 1 unspecified atom stereocenters. The van der Waals surface area contributed by atoms with E-state index in [1.165, 1.54) is 0 Å². The Morgan fingerprint density at radius 3 is 2.60 bits per heavy atom. The summed E-state index contributed by atoms with van der Waals surface area (Å²) >= 11 is 0. The molecule has 1 fully saturated rings. The van der Waals surface area contributed by atoms with E-state index in [0.717, 1.165) is 6.42 Å². The standard InChI is InChI=1S/C8H13F2/c1-2-7-4-3-5-8(9,10)6-7/h2,7H,3-6H2,1H3. The van der Waals surface area contributed by atoms with Crippen LogP contribution in [0.15, 0.2) is 0 Å². The van der Waals surface area contributed by atoms with Crippen LogP contribution in [0.25, 0.3) is 0 Å². The van der Waals surface area contributed by atoms with Crippen LogP contribution in [-0.4, -0.2) is 5.92 Å². The second-order valence-electron chi connectivity index (χ2n) is 3.05. The predicted octanol–water partition coefficient (Wildman–Crippen LogP) is 3.04. The Morgan fingerprint density at radius 2 is 2.20 bits per heavy atom. The molecule has 0 bridgehead atoms. The lowest BCUT2D eigenvalue weighted by molar-refractivity contribution is -0.0474. The number of rotatable bonds is 1. The van der Waals surface area contributed by atoms with Crippen molar-refractivity contribution in [1.29, 1.82) is 0 Å². The summed E-state index contributed by atoms with van der Waals surface area (Å²) in [6.45, 7) is 1.87. The Balaban J connectivity index is 2.40. The first kappa shape index (κ1) is 7.96. The maximum atomic E-state index is 12.6. The minimum Gasteiger partial charge on any atom is -0.207 e. The highest BCUT2D eigenvalue weighted by Crippen LogP contribution is 2.37. The molecule has 0 heterocycles. The Labute approximate surface area is 60.6 Å². The minimum absolute atomic E-state index is 0.0729. The Hall–Kier alpha value is -0.140. The Morgan fingerprint density at radius 1 is 1.50 bits per heavy atom. The molecule has 59 valence electrons. The number of alkyl halides is 2. The summed E-state index contributed by atoms with van der Waals surface area (Å²) in [4.78, 5) is 0. The molecule has 1 saturated carbocycles. The molecule has 0 aromatic rings. The van der Waals surface area contributed by atoms with Gasteiger partial charge in [-0.2, -0.15) is 0 Å². The average Bonchev–Trinajstić information content (AvgIpc) is 1.86. The molecule has 0 aromatic heterocycles. The summed E-state index contributed by atoms with van der Waals surface area (Å²) in [5, 5.41) is 0. The van der Waals surface area contributed by atoms with E-state index >= 15 is 0 Å². The summed E-state index contributed by atoms with van der Waals surface area (Å²) in [5.74, 6) is -2.22. The molecular formula is C8H13F2. The molecule has 10 heavy (non-hydrogen) atoms. The van der Waals surface area contributed by atoms with Gasteiger partial charge in [0.2, 0.25) is 5.92 Å². The van der Waals surface area contributed by atoms with Crippen molar-refractivity contribution in [3.63, 3.8) is 0 Å². The van der Waals surface area contributed by atoms with E-state index in [2.05, 4.69) is 0 Å². The van der Waals surface area contributed by atoms with Crippen molar-refractivity contribution < 1.29 is 8.78 Å². The Kier molecular flexibility index (Phi) is 2.27. The van der Waals surface area contributed by atoms with E-state index in [4.69, 9.17) is 0 Å². The molecule has 0 aliphatic heterocycles. The zero-order valence-electron chi connectivity index (χ0n) is 6.24. The predicted molar refractivity (Wildman–Crippen MR) is 36.9 cm³/mol. The molecule has 2 heteroatoms. The molecule has 0 aromatic carbocycles. The van der Waals surface area contributed by atoms with Crippen LogP contribution in [0, 0.1) is 12.3 Å². The SMILES string of the molecule is C[CH]C1CCCC(F)(F)C1. The third kappa shape index (κ3) is 1.93. The van der Waals surface area contributed by atoms with Gasteiger partial charge in [0.1, 0.15) is 0 Å². The average molecular weight is 147 g/mol. The molecule has 1 atom stereocenters. The fourth-order valence-corrected chi connectivity index (χ4v) is 1.50. The van der Waals surface area contributed by atoms with Crippen LogP contribution >= 0.6 is 0 Å². The maximum absolute atomic E-state index is 12.6. The van der Waals surface area contributed by atoms with Crippen LogP contribution in [0.5, 0.6) is 0 Å². The van der Waals surface area contributed by atoms with E-state index in [9.17, 15) is 8.78 Å². The molecule has 0 saturated heterocycles. The molecule has 1 rings (SSSR count). The summed E-state index contributed by atoms with van der Waals surface area (Å²) in [7, 11) is 0. The highest BCUT2D eigenvalue weighted by atomic mass is 19.3. The van der Waals surface area contributed by atoms with Crippen molar-refractivity contribution in [2.75, 3.05) is 0 Å². The van der Waals surface area contributed by atoms with Crippen LogP contribution in [0.3, 0.4) is 0 Å². The number of halogens is 2. The van der Waals surface area contributed by atoms with Gasteiger partial charge in [0.05, 0.1) is 0 Å². The van der Waals surface area contributed by atoms with Gasteiger partial charge in [-0.3, -0.25) is 0 Å². The normalized spacial score (nSPS) is 32.1. The van der Waals surface area contributed by atoms with Gasteiger partial charge in [0.15, 0.2) is 0 Å². The van der Waals surface area contributed by atoms with Crippen molar-refractivity contribution in [2.45, 2.75) is 38.5 Å². The lowest BCUT2D eigenvalue weighted by atomic mass is 9.85. The quantitative estimate of drug-likeness (QED) is 0.534. The first-order valence-corrected chi connectivity index (χ1v) is 3.81. The van der Waals surface area contributed by atoms with Crippen LogP contribution in [-0.2, 0) is 0 Å². The van der Waals surface area contributed by atoms with E-state index in [0.29, 0.717) is 6.42 Å². The summed E-state index contributed by atoms with van der Waals surface area (Å²) in [6, 6.07) is 0. The fraction of sp³-hybridized carbons (Fsp3) is 0.875. The first-order chi connectivity index (χ1) is 4.64. The maximum Gasteiger partial charge on any atom is 0.248 e. The number of hydrogen-bond donors (Lipinski definition) is 0. The molecule has 1 radical (unpaired) electrons. The number of hydrogen-bond acceptors (Lipinski definition) is 0. The lowest BCUT2D eigenvalue weighted by Gasteiger charge is -2.27. The van der Waals surface area contributed by atoms with Gasteiger partial charge in [-0.1, -0.05) is 6.92 Å². The lowest BCUT2D eigenvalue weighted by Crippen LogP contribution is -2.25. The van der Waals surface area contributed by atoms with Gasteiger partial charge in [0.25, 0.3) is 0 Å². The largest absolute Gasteiger partial charge is 0.248 e. The summed E-state index contributed by atoms with van der Waals surface area (Å²) in [5.41, 5.74) is 0. The molecule has 0 N–H and O–H groups in total. The van der Waals surface area contributed by atoms with Crippen molar-refractivity contribution in [3.8, 4) is 0 Å². The van der Waals surface area contributed by atoms with Crippen molar-refractivity contribution in [2.24, 2.45) is 5.92 Å². The van der Waals surface area contributed by atoms with Gasteiger partial charge >= 0.3 is 0 Å². The second kappa shape index (κ2) is 2.85.